The van der Waals surface area contributed by atoms with Gasteiger partial charge in [0.1, 0.15) is 11.6 Å². The van der Waals surface area contributed by atoms with E-state index < -0.39 is 5.56 Å². The van der Waals surface area contributed by atoms with Gasteiger partial charge in [-0.3, -0.25) is 9.59 Å². The molecule has 0 saturated carbocycles. The van der Waals surface area contributed by atoms with Gasteiger partial charge in [0.05, 0.1) is 11.4 Å². The smallest absolute Gasteiger partial charge is 0.273 e. The predicted octanol–water partition coefficient (Wildman–Crippen LogP) is 2.29. The molecule has 0 unspecified atom stereocenters. The van der Waals surface area contributed by atoms with E-state index in [4.69, 9.17) is 0 Å². The molecule has 3 rings (SSSR count). The van der Waals surface area contributed by atoms with E-state index in [0.717, 1.165) is 9.04 Å². The largest absolute Gasteiger partial charge is 0.279 e. The summed E-state index contributed by atoms with van der Waals surface area (Å²) >= 11 is 4.53. The van der Waals surface area contributed by atoms with Crippen LogP contribution in [0.1, 0.15) is 10.4 Å². The van der Waals surface area contributed by atoms with E-state index in [9.17, 15) is 14.9 Å². The minimum Gasteiger partial charge on any atom is -0.273 e. The van der Waals surface area contributed by atoms with Gasteiger partial charge in [-0.25, -0.2) is 9.55 Å². The number of hydrogen-bond acceptors (Lipinski definition) is 5. The van der Waals surface area contributed by atoms with Crippen molar-refractivity contribution in [3.63, 3.8) is 0 Å². The second-order valence-electron chi connectivity index (χ2n) is 4.06. The minimum atomic E-state index is -0.592. The quantitative estimate of drug-likeness (QED) is 0.739. The van der Waals surface area contributed by atoms with E-state index in [1.54, 1.807) is 24.3 Å². The summed E-state index contributed by atoms with van der Waals surface area (Å²) in [6, 6.07) is 9.01. The van der Waals surface area contributed by atoms with Crippen LogP contribution in [0.5, 0.6) is 0 Å². The third-order valence-electron chi connectivity index (χ3n) is 2.86. The fourth-order valence-electron chi connectivity index (χ4n) is 1.93. The van der Waals surface area contributed by atoms with Crippen LogP contribution in [0.15, 0.2) is 38.7 Å². The van der Waals surface area contributed by atoms with Crippen LogP contribution in [0.2, 0.25) is 0 Å². The summed E-state index contributed by atoms with van der Waals surface area (Å²) < 4.78 is 1.87. The maximum Gasteiger partial charge on any atom is 0.279 e. The van der Waals surface area contributed by atoms with Crippen molar-refractivity contribution in [1.82, 2.24) is 9.55 Å². The maximum atomic E-state index is 12.2. The summed E-state index contributed by atoms with van der Waals surface area (Å²) in [6.45, 7) is 0. The first-order chi connectivity index (χ1) is 9.61. The van der Waals surface area contributed by atoms with Gasteiger partial charge in [-0.15, -0.1) is 0 Å². The topological polar surface area (TPSA) is 75.8 Å². The van der Waals surface area contributed by atoms with Crippen molar-refractivity contribution in [1.29, 1.82) is 5.26 Å². The molecule has 0 atom stereocenters. The molecule has 0 aliphatic carbocycles. The molecule has 20 heavy (non-hydrogen) atoms. The van der Waals surface area contributed by atoms with Gasteiger partial charge in [0, 0.05) is 10.0 Å². The Morgan fingerprint density at radius 2 is 2.00 bits per heavy atom. The number of rotatable bonds is 1. The second kappa shape index (κ2) is 4.89. The van der Waals surface area contributed by atoms with Crippen molar-refractivity contribution in [3.05, 3.63) is 44.7 Å². The monoisotopic (exact) mass is 347 g/mol. The molecule has 5 nitrogen and oxygen atoms in total. The Bertz CT molecular complexity index is 821. The van der Waals surface area contributed by atoms with Crippen LogP contribution in [0, 0.1) is 11.3 Å². The standard InChI is InChI=1S/C13H6BrN3O2S/c14-8-3-1-7(2-4-8)11-9(5-15)12(19)17-10(18)6-20-13(17)16-11/h1-4H,6H2. The van der Waals surface area contributed by atoms with Crippen LogP contribution in [0.3, 0.4) is 0 Å². The first kappa shape index (κ1) is 13.1. The van der Waals surface area contributed by atoms with Crippen LogP contribution in [-0.2, 0) is 0 Å². The molecule has 0 bridgehead atoms. The molecule has 0 amide bonds. The molecule has 1 aliphatic heterocycles. The Morgan fingerprint density at radius 3 is 2.65 bits per heavy atom. The average molecular weight is 348 g/mol. The predicted molar refractivity (Wildman–Crippen MR) is 77.7 cm³/mol. The molecule has 0 spiro atoms. The first-order valence-corrected chi connectivity index (χ1v) is 7.39. The summed E-state index contributed by atoms with van der Waals surface area (Å²) in [4.78, 5) is 28.2. The number of carbonyl (C=O) groups excluding carboxylic acids is 1. The van der Waals surface area contributed by atoms with Gasteiger partial charge in [-0.1, -0.05) is 39.8 Å². The van der Waals surface area contributed by atoms with E-state index in [-0.39, 0.29) is 17.2 Å². The molecule has 7 heteroatoms. The summed E-state index contributed by atoms with van der Waals surface area (Å²) in [7, 11) is 0. The first-order valence-electron chi connectivity index (χ1n) is 5.61. The van der Waals surface area contributed by atoms with E-state index in [1.165, 1.54) is 11.8 Å². The number of halogens is 1. The Hall–Kier alpha value is -1.91. The molecule has 0 saturated heterocycles. The Labute approximate surface area is 126 Å². The van der Waals surface area contributed by atoms with E-state index in [2.05, 4.69) is 20.9 Å². The van der Waals surface area contributed by atoms with Gasteiger partial charge in [-0.2, -0.15) is 5.26 Å². The van der Waals surface area contributed by atoms with Crippen molar-refractivity contribution in [2.75, 3.05) is 5.75 Å². The van der Waals surface area contributed by atoms with E-state index in [0.29, 0.717) is 16.4 Å². The van der Waals surface area contributed by atoms with Crippen molar-refractivity contribution >= 4 is 33.6 Å². The molecule has 98 valence electrons. The van der Waals surface area contributed by atoms with Crippen LogP contribution in [-0.4, -0.2) is 21.2 Å². The van der Waals surface area contributed by atoms with Crippen molar-refractivity contribution in [3.8, 4) is 17.3 Å². The molecule has 1 aromatic carbocycles. The highest BCUT2D eigenvalue weighted by atomic mass is 79.9. The number of fused-ring (bicyclic) bond motifs is 1. The zero-order valence-electron chi connectivity index (χ0n) is 9.96. The van der Waals surface area contributed by atoms with E-state index >= 15 is 0 Å². The molecular weight excluding hydrogens is 342 g/mol. The minimum absolute atomic E-state index is 0.105. The lowest BCUT2D eigenvalue weighted by molar-refractivity contribution is 0.0933. The average Bonchev–Trinajstić information content (AvgIpc) is 2.81. The highest BCUT2D eigenvalue weighted by molar-refractivity contribution is 9.10. The van der Waals surface area contributed by atoms with Crippen LogP contribution in [0.25, 0.3) is 11.3 Å². The normalized spacial score (nSPS) is 13.1. The Kier molecular flexibility index (Phi) is 3.20. The zero-order valence-corrected chi connectivity index (χ0v) is 12.4. The lowest BCUT2D eigenvalue weighted by Gasteiger charge is -2.06. The number of nitrogens with zero attached hydrogens (tertiary/aromatic N) is 3. The third kappa shape index (κ3) is 1.97. The van der Waals surface area contributed by atoms with E-state index in [1.807, 2.05) is 6.07 Å². The van der Waals surface area contributed by atoms with Gasteiger partial charge >= 0.3 is 0 Å². The number of aromatic nitrogens is 2. The lowest BCUT2D eigenvalue weighted by atomic mass is 10.1. The Balaban J connectivity index is 2.30. The van der Waals surface area contributed by atoms with Gasteiger partial charge in [0.15, 0.2) is 5.16 Å². The van der Waals surface area contributed by atoms with Gasteiger partial charge in [0.2, 0.25) is 5.91 Å². The number of benzene rings is 1. The zero-order chi connectivity index (χ0) is 14.3. The molecule has 2 heterocycles. The van der Waals surface area contributed by atoms with Crippen molar-refractivity contribution < 1.29 is 4.79 Å². The third-order valence-corrected chi connectivity index (χ3v) is 4.31. The fraction of sp³-hybridized carbons (Fsp3) is 0.0769. The number of hydrogen-bond donors (Lipinski definition) is 0. The SMILES string of the molecule is N#Cc1c(-c2ccc(Br)cc2)nc2n(c1=O)C(=O)CS2. The Morgan fingerprint density at radius 1 is 1.30 bits per heavy atom. The molecule has 1 aromatic heterocycles. The molecule has 1 aliphatic rings. The van der Waals surface area contributed by atoms with Crippen LogP contribution in [0.4, 0.5) is 0 Å². The highest BCUT2D eigenvalue weighted by Gasteiger charge is 2.27. The maximum absolute atomic E-state index is 12.2. The number of carbonyl (C=O) groups is 1. The van der Waals surface area contributed by atoms with Crippen LogP contribution < -0.4 is 5.56 Å². The summed E-state index contributed by atoms with van der Waals surface area (Å²) in [5.41, 5.74) is 0.293. The molecule has 2 aromatic rings. The van der Waals surface area contributed by atoms with Crippen molar-refractivity contribution in [2.45, 2.75) is 5.16 Å². The van der Waals surface area contributed by atoms with Gasteiger partial charge in [0.25, 0.3) is 5.56 Å². The second-order valence-corrected chi connectivity index (χ2v) is 5.92. The molecular formula is C13H6BrN3O2S. The van der Waals surface area contributed by atoms with Crippen LogP contribution >= 0.6 is 27.7 Å². The lowest BCUT2D eigenvalue weighted by Crippen LogP contribution is -2.28. The van der Waals surface area contributed by atoms with Crippen molar-refractivity contribution in [2.24, 2.45) is 0 Å². The molecule has 0 radical (unpaired) electrons. The highest BCUT2D eigenvalue weighted by Crippen LogP contribution is 2.27. The molecule has 0 N–H and O–H groups in total. The number of nitriles is 1. The number of thioether (sulfide) groups is 1. The summed E-state index contributed by atoms with van der Waals surface area (Å²) in [5, 5.41) is 9.55. The fourth-order valence-corrected chi connectivity index (χ4v) is 3.04. The van der Waals surface area contributed by atoms with Gasteiger partial charge < -0.3 is 0 Å². The van der Waals surface area contributed by atoms with Gasteiger partial charge in [-0.05, 0) is 12.1 Å². The molecule has 0 fully saturated rings. The summed E-state index contributed by atoms with van der Waals surface area (Å²) in [6.07, 6.45) is 0. The summed E-state index contributed by atoms with van der Waals surface area (Å²) in [5.74, 6) is -0.155.